The molecule has 0 spiro atoms. The minimum atomic E-state index is 0.375. The molecule has 0 unspecified atom stereocenters. The zero-order valence-electron chi connectivity index (χ0n) is 11.5. The summed E-state index contributed by atoms with van der Waals surface area (Å²) in [5.74, 6) is 0.817. The average Bonchev–Trinajstić information content (AvgIpc) is 2.87. The molecule has 1 heterocycles. The van der Waals surface area contributed by atoms with E-state index < -0.39 is 0 Å². The van der Waals surface area contributed by atoms with Crippen molar-refractivity contribution in [3.8, 4) is 17.0 Å². The molecule has 0 atom stereocenters. The van der Waals surface area contributed by atoms with E-state index in [-0.39, 0.29) is 0 Å². The van der Waals surface area contributed by atoms with Crippen molar-refractivity contribution in [2.24, 2.45) is 5.73 Å². The van der Waals surface area contributed by atoms with Crippen LogP contribution in [0.4, 0.5) is 0 Å². The van der Waals surface area contributed by atoms with Crippen LogP contribution in [0.25, 0.3) is 11.3 Å². The van der Waals surface area contributed by atoms with Gasteiger partial charge in [-0.1, -0.05) is 30.7 Å². The van der Waals surface area contributed by atoms with Crippen molar-refractivity contribution >= 4 is 0 Å². The second-order valence-electron chi connectivity index (χ2n) is 4.37. The third-order valence-corrected chi connectivity index (χ3v) is 3.08. The lowest BCUT2D eigenvalue weighted by molar-refractivity contribution is 0.415. The van der Waals surface area contributed by atoms with Crippen LogP contribution in [0.1, 0.15) is 25.5 Å². The molecule has 0 aliphatic rings. The van der Waals surface area contributed by atoms with Gasteiger partial charge in [-0.25, -0.2) is 4.68 Å². The van der Waals surface area contributed by atoms with E-state index in [0.29, 0.717) is 6.54 Å². The Balaban J connectivity index is 2.49. The van der Waals surface area contributed by atoms with Crippen LogP contribution in [0.2, 0.25) is 0 Å². The molecule has 0 saturated heterocycles. The van der Waals surface area contributed by atoms with Crippen LogP contribution >= 0.6 is 0 Å². The first-order chi connectivity index (χ1) is 9.31. The number of ether oxygens (including phenoxy) is 1. The number of aromatic nitrogens is 3. The molecular formula is C14H20N4O. The largest absolute Gasteiger partial charge is 0.496 e. The molecule has 0 aliphatic carbocycles. The lowest BCUT2D eigenvalue weighted by Crippen LogP contribution is -2.05. The molecule has 0 amide bonds. The van der Waals surface area contributed by atoms with Gasteiger partial charge in [-0.2, -0.15) is 0 Å². The fourth-order valence-electron chi connectivity index (χ4n) is 2.09. The molecule has 0 fully saturated rings. The number of aryl methyl sites for hydroxylation is 1. The average molecular weight is 260 g/mol. The van der Waals surface area contributed by atoms with Gasteiger partial charge in [-0.3, -0.25) is 0 Å². The van der Waals surface area contributed by atoms with Gasteiger partial charge in [-0.15, -0.1) is 5.10 Å². The van der Waals surface area contributed by atoms with Crippen molar-refractivity contribution in [3.63, 3.8) is 0 Å². The highest BCUT2D eigenvalue weighted by atomic mass is 16.5. The van der Waals surface area contributed by atoms with Gasteiger partial charge in [0.25, 0.3) is 0 Å². The van der Waals surface area contributed by atoms with Crippen LogP contribution in [0.5, 0.6) is 5.75 Å². The Bertz CT molecular complexity index is 536. The van der Waals surface area contributed by atoms with Gasteiger partial charge in [0.2, 0.25) is 0 Å². The molecular weight excluding hydrogens is 240 g/mol. The first-order valence-electron chi connectivity index (χ1n) is 6.57. The van der Waals surface area contributed by atoms with Crippen molar-refractivity contribution in [1.29, 1.82) is 0 Å². The molecule has 2 N–H and O–H groups in total. The van der Waals surface area contributed by atoms with Crippen LogP contribution in [-0.4, -0.2) is 22.1 Å². The van der Waals surface area contributed by atoms with Gasteiger partial charge >= 0.3 is 0 Å². The van der Waals surface area contributed by atoms with Gasteiger partial charge in [0.1, 0.15) is 11.4 Å². The number of para-hydroxylation sites is 1. The second-order valence-corrected chi connectivity index (χ2v) is 4.37. The normalized spacial score (nSPS) is 10.7. The topological polar surface area (TPSA) is 66.0 Å². The van der Waals surface area contributed by atoms with Crippen molar-refractivity contribution in [1.82, 2.24) is 15.0 Å². The van der Waals surface area contributed by atoms with Crippen LogP contribution in [0, 0.1) is 0 Å². The summed E-state index contributed by atoms with van der Waals surface area (Å²) in [6, 6.07) is 7.88. The fourth-order valence-corrected chi connectivity index (χ4v) is 2.09. The molecule has 19 heavy (non-hydrogen) atoms. The number of rotatable bonds is 6. The summed E-state index contributed by atoms with van der Waals surface area (Å²) < 4.78 is 7.34. The SMILES string of the molecule is CCCCn1nnc(CN)c1-c1ccccc1OC. The second kappa shape index (κ2) is 6.33. The minimum Gasteiger partial charge on any atom is -0.496 e. The predicted molar refractivity (Wildman–Crippen MR) is 74.8 cm³/mol. The van der Waals surface area contributed by atoms with Crippen LogP contribution in [0.15, 0.2) is 24.3 Å². The monoisotopic (exact) mass is 260 g/mol. The number of benzene rings is 1. The third kappa shape index (κ3) is 2.76. The van der Waals surface area contributed by atoms with E-state index in [0.717, 1.165) is 42.1 Å². The van der Waals surface area contributed by atoms with Gasteiger partial charge in [0, 0.05) is 18.7 Å². The number of nitrogens with zero attached hydrogens (tertiary/aromatic N) is 3. The number of unbranched alkanes of at least 4 members (excludes halogenated alkanes) is 1. The molecule has 2 aromatic rings. The van der Waals surface area contributed by atoms with Crippen LogP contribution in [0.3, 0.4) is 0 Å². The molecule has 2 rings (SSSR count). The quantitative estimate of drug-likeness (QED) is 0.864. The van der Waals surface area contributed by atoms with E-state index in [1.807, 2.05) is 28.9 Å². The molecule has 0 radical (unpaired) electrons. The highest BCUT2D eigenvalue weighted by Gasteiger charge is 2.16. The van der Waals surface area contributed by atoms with E-state index in [4.69, 9.17) is 10.5 Å². The standard InChI is InChI=1S/C14H20N4O/c1-3-4-9-18-14(12(10-15)16-17-18)11-7-5-6-8-13(11)19-2/h5-8H,3-4,9-10,15H2,1-2H3. The maximum Gasteiger partial charge on any atom is 0.128 e. The first-order valence-corrected chi connectivity index (χ1v) is 6.57. The maximum atomic E-state index is 5.76. The first kappa shape index (κ1) is 13.5. The van der Waals surface area contributed by atoms with E-state index in [2.05, 4.69) is 17.2 Å². The molecule has 0 aliphatic heterocycles. The summed E-state index contributed by atoms with van der Waals surface area (Å²) in [7, 11) is 1.67. The molecule has 0 bridgehead atoms. The minimum absolute atomic E-state index is 0.375. The Morgan fingerprint density at radius 2 is 2.11 bits per heavy atom. The lowest BCUT2D eigenvalue weighted by atomic mass is 10.1. The zero-order chi connectivity index (χ0) is 13.7. The highest BCUT2D eigenvalue weighted by Crippen LogP contribution is 2.31. The summed E-state index contributed by atoms with van der Waals surface area (Å²) >= 11 is 0. The highest BCUT2D eigenvalue weighted by molar-refractivity contribution is 5.69. The summed E-state index contributed by atoms with van der Waals surface area (Å²) in [6.07, 6.45) is 2.18. The molecule has 1 aromatic heterocycles. The Hall–Kier alpha value is -1.88. The van der Waals surface area contributed by atoms with Crippen molar-refractivity contribution in [2.45, 2.75) is 32.9 Å². The molecule has 102 valence electrons. The van der Waals surface area contributed by atoms with E-state index in [9.17, 15) is 0 Å². The Kier molecular flexibility index (Phi) is 4.52. The summed E-state index contributed by atoms with van der Waals surface area (Å²) in [5.41, 5.74) is 8.53. The molecule has 1 aromatic carbocycles. The van der Waals surface area contributed by atoms with Crippen LogP contribution < -0.4 is 10.5 Å². The van der Waals surface area contributed by atoms with Gasteiger partial charge in [0.15, 0.2) is 0 Å². The Morgan fingerprint density at radius 3 is 2.79 bits per heavy atom. The van der Waals surface area contributed by atoms with E-state index in [1.165, 1.54) is 0 Å². The summed E-state index contributed by atoms with van der Waals surface area (Å²) in [4.78, 5) is 0. The third-order valence-electron chi connectivity index (χ3n) is 3.08. The maximum absolute atomic E-state index is 5.76. The summed E-state index contributed by atoms with van der Waals surface area (Å²) in [5, 5.41) is 8.38. The summed E-state index contributed by atoms with van der Waals surface area (Å²) in [6.45, 7) is 3.37. The van der Waals surface area contributed by atoms with Gasteiger partial charge in [-0.05, 0) is 18.6 Å². The Morgan fingerprint density at radius 1 is 1.32 bits per heavy atom. The lowest BCUT2D eigenvalue weighted by Gasteiger charge is -2.11. The van der Waals surface area contributed by atoms with Crippen molar-refractivity contribution < 1.29 is 4.74 Å². The van der Waals surface area contributed by atoms with Crippen molar-refractivity contribution in [2.75, 3.05) is 7.11 Å². The zero-order valence-corrected chi connectivity index (χ0v) is 11.5. The fraction of sp³-hybridized carbons (Fsp3) is 0.429. The van der Waals surface area contributed by atoms with Crippen LogP contribution in [-0.2, 0) is 13.1 Å². The van der Waals surface area contributed by atoms with Gasteiger partial charge < -0.3 is 10.5 Å². The molecule has 0 saturated carbocycles. The number of nitrogens with two attached hydrogens (primary N) is 1. The Labute approximate surface area is 113 Å². The number of hydrogen-bond donors (Lipinski definition) is 1. The van der Waals surface area contributed by atoms with E-state index in [1.54, 1.807) is 7.11 Å². The van der Waals surface area contributed by atoms with Crippen molar-refractivity contribution in [3.05, 3.63) is 30.0 Å². The predicted octanol–water partition coefficient (Wildman–Crippen LogP) is 2.21. The number of methoxy groups -OCH3 is 1. The van der Waals surface area contributed by atoms with Gasteiger partial charge in [0.05, 0.1) is 12.8 Å². The molecule has 5 nitrogen and oxygen atoms in total. The smallest absolute Gasteiger partial charge is 0.128 e. The number of hydrogen-bond acceptors (Lipinski definition) is 4. The van der Waals surface area contributed by atoms with E-state index >= 15 is 0 Å². The molecule has 5 heteroatoms.